The highest BCUT2D eigenvalue weighted by Gasteiger charge is 2.35. The van der Waals surface area contributed by atoms with E-state index < -0.39 is 17.7 Å². The Morgan fingerprint density at radius 2 is 1.65 bits per heavy atom. The van der Waals surface area contributed by atoms with Gasteiger partial charge in [-0.05, 0) is 18.1 Å². The first-order valence-corrected chi connectivity index (χ1v) is 7.02. The molecule has 3 N–H and O–H groups in total. The average molecular weight is 311 g/mol. The lowest BCUT2D eigenvalue weighted by atomic mass is 9.81. The molecule has 0 atom stereocenters. The Morgan fingerprint density at radius 1 is 1.09 bits per heavy atom. The largest absolute Gasteiger partial charge is 0.507 e. The zero-order valence-corrected chi connectivity index (χ0v) is 12.2. The number of anilines is 1. The van der Waals surface area contributed by atoms with Crippen LogP contribution in [0.4, 0.5) is 10.5 Å². The van der Waals surface area contributed by atoms with E-state index in [1.54, 1.807) is 19.1 Å². The predicted octanol–water partition coefficient (Wildman–Crippen LogP) is 2.82. The molecule has 0 bridgehead atoms. The lowest BCUT2D eigenvalue weighted by Crippen LogP contribution is -2.24. The zero-order valence-electron chi connectivity index (χ0n) is 12.2. The smallest absolute Gasteiger partial charge is 0.409 e. The molecule has 0 radical (unpaired) electrons. The number of aryl methyl sites for hydroxylation is 1. The molecule has 2 aromatic carbocycles. The SMILES string of the molecule is CCc1cc(O)c2c(c1NC(=O)O)C(=O)c1ccccc1C2=O. The lowest BCUT2D eigenvalue weighted by Gasteiger charge is -2.22. The summed E-state index contributed by atoms with van der Waals surface area (Å²) in [5.74, 6) is -1.30. The molecular formula is C17H13NO5. The van der Waals surface area contributed by atoms with Gasteiger partial charge in [0.25, 0.3) is 0 Å². The lowest BCUT2D eigenvalue weighted by molar-refractivity contribution is 0.0977. The van der Waals surface area contributed by atoms with Gasteiger partial charge in [-0.3, -0.25) is 14.9 Å². The fourth-order valence-electron chi connectivity index (χ4n) is 2.86. The number of hydrogen-bond acceptors (Lipinski definition) is 4. The third kappa shape index (κ3) is 2.15. The second-order valence-electron chi connectivity index (χ2n) is 5.17. The van der Waals surface area contributed by atoms with Gasteiger partial charge in [0.05, 0.1) is 16.8 Å². The maximum Gasteiger partial charge on any atom is 0.409 e. The minimum absolute atomic E-state index is 0.0562. The van der Waals surface area contributed by atoms with Crippen LogP contribution in [0.5, 0.6) is 5.75 Å². The van der Waals surface area contributed by atoms with Crippen LogP contribution in [-0.2, 0) is 6.42 Å². The Kier molecular flexibility index (Phi) is 3.37. The molecule has 3 rings (SSSR count). The normalized spacial score (nSPS) is 12.6. The van der Waals surface area contributed by atoms with Crippen LogP contribution in [0.3, 0.4) is 0 Å². The second kappa shape index (κ2) is 5.24. The molecule has 1 amide bonds. The summed E-state index contributed by atoms with van der Waals surface area (Å²) in [6.45, 7) is 1.76. The van der Waals surface area contributed by atoms with Crippen molar-refractivity contribution in [3.8, 4) is 5.75 Å². The van der Waals surface area contributed by atoms with Crippen LogP contribution in [0.2, 0.25) is 0 Å². The number of hydrogen-bond donors (Lipinski definition) is 3. The van der Waals surface area contributed by atoms with Crippen molar-refractivity contribution >= 4 is 23.3 Å². The van der Waals surface area contributed by atoms with Crippen molar-refractivity contribution in [1.29, 1.82) is 0 Å². The van der Waals surface area contributed by atoms with E-state index in [2.05, 4.69) is 5.32 Å². The third-order valence-corrected chi connectivity index (χ3v) is 3.87. The van der Waals surface area contributed by atoms with Crippen LogP contribution < -0.4 is 5.32 Å². The van der Waals surface area contributed by atoms with Crippen LogP contribution in [0.15, 0.2) is 30.3 Å². The maximum atomic E-state index is 12.8. The number of ketones is 2. The molecule has 0 saturated heterocycles. The first-order chi connectivity index (χ1) is 11.0. The van der Waals surface area contributed by atoms with Gasteiger partial charge in [0.1, 0.15) is 5.75 Å². The number of carboxylic acid groups (broad SMARTS) is 1. The van der Waals surface area contributed by atoms with Gasteiger partial charge in [-0.25, -0.2) is 4.79 Å². The second-order valence-corrected chi connectivity index (χ2v) is 5.17. The molecule has 0 fully saturated rings. The number of carbonyl (C=O) groups is 3. The number of nitrogens with one attached hydrogen (secondary N) is 1. The van der Waals surface area contributed by atoms with Gasteiger partial charge in [0, 0.05) is 11.1 Å². The molecule has 0 saturated carbocycles. The summed E-state index contributed by atoms with van der Waals surface area (Å²) >= 11 is 0. The molecule has 0 unspecified atom stereocenters. The standard InChI is InChI=1S/C17H13NO5/c1-2-8-7-11(19)12-13(14(8)18-17(22)23)16(21)10-6-4-3-5-9(10)15(12)20/h3-7,18-19H,2H2,1H3,(H,22,23). The van der Waals surface area contributed by atoms with E-state index in [0.29, 0.717) is 12.0 Å². The maximum absolute atomic E-state index is 12.8. The van der Waals surface area contributed by atoms with Crippen molar-refractivity contribution in [3.63, 3.8) is 0 Å². The van der Waals surface area contributed by atoms with Gasteiger partial charge in [0.15, 0.2) is 11.6 Å². The number of benzene rings is 2. The number of amides is 1. The highest BCUT2D eigenvalue weighted by molar-refractivity contribution is 6.31. The highest BCUT2D eigenvalue weighted by atomic mass is 16.4. The summed E-state index contributed by atoms with van der Waals surface area (Å²) in [7, 11) is 0. The molecule has 116 valence electrons. The first-order valence-electron chi connectivity index (χ1n) is 7.02. The number of carbonyl (C=O) groups excluding carboxylic acids is 2. The molecule has 6 nitrogen and oxygen atoms in total. The van der Waals surface area contributed by atoms with Crippen LogP contribution in [0.1, 0.15) is 44.3 Å². The highest BCUT2D eigenvalue weighted by Crippen LogP contribution is 2.39. The Balaban J connectivity index is 2.37. The monoisotopic (exact) mass is 311 g/mol. The van der Waals surface area contributed by atoms with Crippen molar-refractivity contribution in [3.05, 3.63) is 58.1 Å². The van der Waals surface area contributed by atoms with E-state index in [1.807, 2.05) is 0 Å². The molecule has 6 heteroatoms. The van der Waals surface area contributed by atoms with Crippen molar-refractivity contribution in [2.45, 2.75) is 13.3 Å². The molecule has 1 aliphatic carbocycles. The Morgan fingerprint density at radius 3 is 2.17 bits per heavy atom. The number of aromatic hydroxyl groups is 1. The summed E-state index contributed by atoms with van der Waals surface area (Å²) < 4.78 is 0. The van der Waals surface area contributed by atoms with Gasteiger partial charge >= 0.3 is 6.09 Å². The number of phenols is 1. The molecule has 0 aliphatic heterocycles. The molecule has 2 aromatic rings. The van der Waals surface area contributed by atoms with Crippen LogP contribution in [0.25, 0.3) is 0 Å². The quantitative estimate of drug-likeness (QED) is 0.631. The van der Waals surface area contributed by atoms with E-state index in [9.17, 15) is 19.5 Å². The predicted molar refractivity (Wildman–Crippen MR) is 82.4 cm³/mol. The Bertz CT molecular complexity index is 870. The topological polar surface area (TPSA) is 104 Å². The summed E-state index contributed by atoms with van der Waals surface area (Å²) in [5.41, 5.74) is 0.657. The van der Waals surface area contributed by atoms with Gasteiger partial charge in [0.2, 0.25) is 0 Å². The van der Waals surface area contributed by atoms with Gasteiger partial charge < -0.3 is 10.2 Å². The number of phenolic OH excluding ortho intramolecular Hbond substituents is 1. The molecule has 0 spiro atoms. The van der Waals surface area contributed by atoms with E-state index in [-0.39, 0.29) is 33.7 Å². The van der Waals surface area contributed by atoms with Gasteiger partial charge in [-0.15, -0.1) is 0 Å². The summed E-state index contributed by atoms with van der Waals surface area (Å²) in [6.07, 6.45) is -0.953. The number of fused-ring (bicyclic) bond motifs is 2. The van der Waals surface area contributed by atoms with Crippen molar-refractivity contribution in [1.82, 2.24) is 0 Å². The van der Waals surface area contributed by atoms with E-state index in [4.69, 9.17) is 5.11 Å². The zero-order chi connectivity index (χ0) is 16.7. The Hall–Kier alpha value is -3.15. The minimum atomic E-state index is -1.34. The Labute approximate surface area is 131 Å². The van der Waals surface area contributed by atoms with Crippen LogP contribution >= 0.6 is 0 Å². The third-order valence-electron chi connectivity index (χ3n) is 3.87. The fourth-order valence-corrected chi connectivity index (χ4v) is 2.86. The summed E-state index contributed by atoms with van der Waals surface area (Å²) in [5, 5.41) is 21.4. The van der Waals surface area contributed by atoms with Gasteiger partial charge in [-0.2, -0.15) is 0 Å². The van der Waals surface area contributed by atoms with Gasteiger partial charge in [-0.1, -0.05) is 31.2 Å². The van der Waals surface area contributed by atoms with E-state index in [1.165, 1.54) is 18.2 Å². The summed E-state index contributed by atoms with van der Waals surface area (Å²) in [6, 6.07) is 7.60. The van der Waals surface area contributed by atoms with Crippen molar-refractivity contribution in [2.24, 2.45) is 0 Å². The van der Waals surface area contributed by atoms with E-state index >= 15 is 0 Å². The molecule has 23 heavy (non-hydrogen) atoms. The van der Waals surface area contributed by atoms with E-state index in [0.717, 1.165) is 0 Å². The number of rotatable bonds is 2. The average Bonchev–Trinajstić information content (AvgIpc) is 2.53. The minimum Gasteiger partial charge on any atom is -0.507 e. The fraction of sp³-hybridized carbons (Fsp3) is 0.118. The van der Waals surface area contributed by atoms with Crippen molar-refractivity contribution in [2.75, 3.05) is 5.32 Å². The van der Waals surface area contributed by atoms with Crippen LogP contribution in [-0.4, -0.2) is 27.9 Å². The van der Waals surface area contributed by atoms with Crippen LogP contribution in [0, 0.1) is 0 Å². The summed E-state index contributed by atoms with van der Waals surface area (Å²) in [4.78, 5) is 36.5. The molecule has 0 heterocycles. The van der Waals surface area contributed by atoms with Crippen molar-refractivity contribution < 1.29 is 24.6 Å². The molecule has 1 aliphatic rings. The molecule has 0 aromatic heterocycles. The molecular weight excluding hydrogens is 298 g/mol. The first kappa shape index (κ1) is 14.8.